The van der Waals surface area contributed by atoms with Crippen molar-refractivity contribution in [2.45, 2.75) is 13.8 Å². The number of carbonyl (C=O) groups is 1. The average Bonchev–Trinajstić information content (AvgIpc) is 3.23. The lowest BCUT2D eigenvalue weighted by atomic mass is 10.1. The minimum absolute atomic E-state index is 0.329. The van der Waals surface area contributed by atoms with E-state index < -0.39 is 17.2 Å². The molecule has 0 fully saturated rings. The first kappa shape index (κ1) is 22.8. The molecule has 0 spiro atoms. The third-order valence-electron chi connectivity index (χ3n) is 5.64. The van der Waals surface area contributed by atoms with E-state index in [-0.39, 0.29) is 5.69 Å². The summed E-state index contributed by atoms with van der Waals surface area (Å²) in [5.74, 6) is -0.0433. The summed E-state index contributed by atoms with van der Waals surface area (Å²) >= 11 is 0. The molecule has 10 nitrogen and oxygen atoms in total. The second kappa shape index (κ2) is 8.99. The largest absolute Gasteiger partial charge is 0.505 e. The highest BCUT2D eigenvalue weighted by molar-refractivity contribution is 6.04. The van der Waals surface area contributed by atoms with Gasteiger partial charge in [-0.05, 0) is 43.7 Å². The summed E-state index contributed by atoms with van der Waals surface area (Å²) < 4.78 is 7.83. The molecular weight excluding hydrogens is 460 g/mol. The maximum Gasteiger partial charge on any atom is 0.281 e. The van der Waals surface area contributed by atoms with E-state index in [9.17, 15) is 14.7 Å². The van der Waals surface area contributed by atoms with Gasteiger partial charge in [-0.3, -0.25) is 9.59 Å². The highest BCUT2D eigenvalue weighted by Crippen LogP contribution is 2.24. The van der Waals surface area contributed by atoms with Gasteiger partial charge in [0.25, 0.3) is 11.5 Å². The number of para-hydroxylation sites is 3. The van der Waals surface area contributed by atoms with Crippen LogP contribution in [-0.2, 0) is 0 Å². The van der Waals surface area contributed by atoms with Crippen molar-refractivity contribution in [1.82, 2.24) is 24.5 Å². The third-order valence-corrected chi connectivity index (χ3v) is 5.64. The number of hydrogen-bond donors (Lipinski definition) is 2. The van der Waals surface area contributed by atoms with Gasteiger partial charge in [-0.15, -0.1) is 0 Å². The molecule has 36 heavy (non-hydrogen) atoms. The maximum atomic E-state index is 13.2. The predicted octanol–water partition coefficient (Wildman–Crippen LogP) is 3.55. The van der Waals surface area contributed by atoms with Crippen molar-refractivity contribution >= 4 is 22.6 Å². The van der Waals surface area contributed by atoms with Crippen LogP contribution in [0.1, 0.15) is 21.7 Å². The zero-order valence-electron chi connectivity index (χ0n) is 19.8. The molecule has 0 aliphatic carbocycles. The molecule has 0 saturated heterocycles. The molecule has 0 unspecified atom stereocenters. The molecule has 3 heterocycles. The molecule has 0 aliphatic heterocycles. The molecule has 5 aromatic rings. The normalized spacial score (nSPS) is 11.0. The summed E-state index contributed by atoms with van der Waals surface area (Å²) in [7, 11) is 1.46. The van der Waals surface area contributed by atoms with E-state index in [1.165, 1.54) is 11.8 Å². The lowest BCUT2D eigenvalue weighted by Gasteiger charge is -2.13. The summed E-state index contributed by atoms with van der Waals surface area (Å²) in [4.78, 5) is 30.5. The quantitative estimate of drug-likeness (QED) is 0.393. The van der Waals surface area contributed by atoms with Gasteiger partial charge in [0, 0.05) is 17.5 Å². The number of rotatable bonds is 5. The third kappa shape index (κ3) is 4.05. The number of pyridine rings is 1. The molecule has 180 valence electrons. The molecule has 2 N–H and O–H groups in total. The summed E-state index contributed by atoms with van der Waals surface area (Å²) in [6.07, 6.45) is 0. The minimum Gasteiger partial charge on any atom is -0.505 e. The fourth-order valence-electron chi connectivity index (χ4n) is 3.96. The second-order valence-electron chi connectivity index (χ2n) is 8.15. The number of methoxy groups -OCH3 is 1. The lowest BCUT2D eigenvalue weighted by Crippen LogP contribution is -2.26. The van der Waals surface area contributed by atoms with Crippen LogP contribution >= 0.6 is 0 Å². The van der Waals surface area contributed by atoms with Gasteiger partial charge in [0.1, 0.15) is 17.3 Å². The van der Waals surface area contributed by atoms with Crippen LogP contribution in [0, 0.1) is 13.8 Å². The number of nitrogens with zero attached hydrogens (tertiary/aromatic N) is 5. The summed E-state index contributed by atoms with van der Waals surface area (Å²) in [6.45, 7) is 3.77. The Morgan fingerprint density at radius 3 is 2.53 bits per heavy atom. The Bertz CT molecular complexity index is 1690. The van der Waals surface area contributed by atoms with Gasteiger partial charge in [-0.2, -0.15) is 19.6 Å². The molecule has 0 radical (unpaired) electrons. The van der Waals surface area contributed by atoms with Gasteiger partial charge in [0.05, 0.1) is 18.3 Å². The molecule has 0 saturated carbocycles. The Hall–Kier alpha value is -4.99. The fourth-order valence-corrected chi connectivity index (χ4v) is 3.96. The number of fused-ring (bicyclic) bond motifs is 1. The van der Waals surface area contributed by atoms with E-state index in [1.54, 1.807) is 37.3 Å². The van der Waals surface area contributed by atoms with E-state index in [0.29, 0.717) is 28.8 Å². The van der Waals surface area contributed by atoms with Gasteiger partial charge in [0.2, 0.25) is 0 Å². The minimum atomic E-state index is -0.727. The first-order valence-electron chi connectivity index (χ1n) is 11.1. The second-order valence-corrected chi connectivity index (χ2v) is 8.15. The van der Waals surface area contributed by atoms with Crippen molar-refractivity contribution in [2.75, 3.05) is 12.4 Å². The molecular formula is C26H22N6O4. The summed E-state index contributed by atoms with van der Waals surface area (Å²) in [5, 5.41) is 22.7. The van der Waals surface area contributed by atoms with Gasteiger partial charge < -0.3 is 15.2 Å². The molecule has 3 aromatic heterocycles. The standard InChI is InChI=1S/C26H22N6O4/c1-15-12-22(27-18-9-5-4-8-17(15)18)32-23(13-16(2)29-32)28-26(35)25-20(33)14-24(34)31(30-25)19-10-6-7-11-21(19)36-3/h4-14,33H,1-3H3,(H,28,35). The maximum absolute atomic E-state index is 13.2. The van der Waals surface area contributed by atoms with Gasteiger partial charge in [-0.1, -0.05) is 30.3 Å². The van der Waals surface area contributed by atoms with Crippen LogP contribution in [-0.4, -0.2) is 42.7 Å². The lowest BCUT2D eigenvalue weighted by molar-refractivity contribution is 0.101. The SMILES string of the molecule is COc1ccccc1-n1nc(C(=O)Nc2cc(C)nn2-c2cc(C)c3ccccc3n2)c(O)cc1=O. The van der Waals surface area contributed by atoms with Crippen molar-refractivity contribution in [3.05, 3.63) is 94.0 Å². The van der Waals surface area contributed by atoms with Crippen molar-refractivity contribution < 1.29 is 14.6 Å². The molecule has 0 atom stereocenters. The Morgan fingerprint density at radius 1 is 0.972 bits per heavy atom. The molecule has 5 rings (SSSR count). The van der Waals surface area contributed by atoms with Crippen LogP contribution in [0.25, 0.3) is 22.4 Å². The summed E-state index contributed by atoms with van der Waals surface area (Å²) in [5.41, 5.74) is 1.81. The molecule has 1 amide bonds. The highest BCUT2D eigenvalue weighted by Gasteiger charge is 2.21. The molecule has 2 aromatic carbocycles. The first-order chi connectivity index (χ1) is 17.4. The number of amides is 1. The highest BCUT2D eigenvalue weighted by atomic mass is 16.5. The smallest absolute Gasteiger partial charge is 0.281 e. The van der Waals surface area contributed by atoms with E-state index in [0.717, 1.165) is 27.2 Å². The zero-order valence-corrected chi connectivity index (χ0v) is 19.8. The van der Waals surface area contributed by atoms with Crippen molar-refractivity contribution in [1.29, 1.82) is 0 Å². The summed E-state index contributed by atoms with van der Waals surface area (Å²) in [6, 6.07) is 19.0. The van der Waals surface area contributed by atoms with Gasteiger partial charge in [-0.25, -0.2) is 4.98 Å². The Kier molecular flexibility index (Phi) is 5.69. The van der Waals surface area contributed by atoms with E-state index >= 15 is 0 Å². The van der Waals surface area contributed by atoms with Crippen LogP contribution < -0.4 is 15.6 Å². The number of aromatic hydroxyl groups is 1. The average molecular weight is 483 g/mol. The number of aryl methyl sites for hydroxylation is 2. The zero-order chi connectivity index (χ0) is 25.4. The van der Waals surface area contributed by atoms with Crippen molar-refractivity contribution in [3.63, 3.8) is 0 Å². The van der Waals surface area contributed by atoms with Crippen LogP contribution in [0.3, 0.4) is 0 Å². The number of nitrogens with one attached hydrogen (secondary N) is 1. The number of anilines is 1. The van der Waals surface area contributed by atoms with Gasteiger partial charge in [0.15, 0.2) is 17.3 Å². The van der Waals surface area contributed by atoms with Gasteiger partial charge >= 0.3 is 0 Å². The number of aromatic nitrogens is 5. The van der Waals surface area contributed by atoms with Crippen LogP contribution in [0.2, 0.25) is 0 Å². The topological polar surface area (TPSA) is 124 Å². The molecule has 0 aliphatic rings. The fraction of sp³-hybridized carbons (Fsp3) is 0.115. The Morgan fingerprint density at radius 2 is 1.72 bits per heavy atom. The van der Waals surface area contributed by atoms with E-state index in [4.69, 9.17) is 4.74 Å². The van der Waals surface area contributed by atoms with E-state index in [1.807, 2.05) is 37.3 Å². The van der Waals surface area contributed by atoms with Crippen LogP contribution in [0.4, 0.5) is 5.82 Å². The predicted molar refractivity (Wildman–Crippen MR) is 134 cm³/mol. The number of benzene rings is 2. The Labute approximate surface area is 205 Å². The van der Waals surface area contributed by atoms with Crippen molar-refractivity contribution in [2.24, 2.45) is 0 Å². The van der Waals surface area contributed by atoms with Crippen LogP contribution in [0.5, 0.6) is 11.5 Å². The van der Waals surface area contributed by atoms with E-state index in [2.05, 4.69) is 20.5 Å². The first-order valence-corrected chi connectivity index (χ1v) is 11.1. The number of carbonyl (C=O) groups excluding carboxylic acids is 1. The number of ether oxygens (including phenoxy) is 1. The number of hydrogen-bond acceptors (Lipinski definition) is 7. The monoisotopic (exact) mass is 482 g/mol. The molecule has 10 heteroatoms. The molecule has 0 bridgehead atoms. The van der Waals surface area contributed by atoms with Crippen LogP contribution in [0.15, 0.2) is 71.5 Å². The Balaban J connectivity index is 1.54. The van der Waals surface area contributed by atoms with Crippen molar-refractivity contribution in [3.8, 4) is 23.0 Å².